The van der Waals surface area contributed by atoms with Gasteiger partial charge in [-0.2, -0.15) is 0 Å². The summed E-state index contributed by atoms with van der Waals surface area (Å²) in [5.41, 5.74) is 0.231. The van der Waals surface area contributed by atoms with Gasteiger partial charge in [-0.1, -0.05) is 11.8 Å². The zero-order valence-electron chi connectivity index (χ0n) is 9.95. The number of carboxylic acid groups (broad SMARTS) is 1. The fourth-order valence-corrected chi connectivity index (χ4v) is 3.03. The smallest absolute Gasteiger partial charge is 0.335 e. The van der Waals surface area contributed by atoms with Crippen LogP contribution in [0.5, 0.6) is 0 Å². The lowest BCUT2D eigenvalue weighted by molar-refractivity contribution is -0.385. The molecule has 2 aromatic rings. The number of benzene rings is 2. The summed E-state index contributed by atoms with van der Waals surface area (Å²) in [7, 11) is 0. The zero-order chi connectivity index (χ0) is 14.7. The second-order valence-electron chi connectivity index (χ2n) is 3.80. The summed E-state index contributed by atoms with van der Waals surface area (Å²) in [6, 6.07) is 11.2. The fourth-order valence-electron chi connectivity index (χ4n) is 1.50. The molecule has 7 heteroatoms. The van der Waals surface area contributed by atoms with Crippen LogP contribution in [0.1, 0.15) is 10.4 Å². The van der Waals surface area contributed by atoms with E-state index in [1.54, 1.807) is 24.3 Å². The minimum absolute atomic E-state index is 0.00979. The lowest BCUT2D eigenvalue weighted by Crippen LogP contribution is -1.94. The van der Waals surface area contributed by atoms with Gasteiger partial charge in [-0.05, 0) is 52.3 Å². The molecular weight excluding hydrogens is 346 g/mol. The number of hydrogen-bond donors (Lipinski definition) is 1. The molecule has 0 saturated heterocycles. The Morgan fingerprint density at radius 3 is 2.25 bits per heavy atom. The standard InChI is InChI=1S/C13H8BrNO4S/c14-11-7-10(5-6-12(11)15(18)19)20-9-3-1-8(2-4-9)13(16)17/h1-7H,(H,16,17). The molecule has 0 saturated carbocycles. The van der Waals surface area contributed by atoms with Gasteiger partial charge in [0.2, 0.25) is 0 Å². The lowest BCUT2D eigenvalue weighted by atomic mass is 10.2. The molecule has 0 aliphatic carbocycles. The largest absolute Gasteiger partial charge is 0.478 e. The van der Waals surface area contributed by atoms with E-state index in [2.05, 4.69) is 15.9 Å². The van der Waals surface area contributed by atoms with Gasteiger partial charge in [0.1, 0.15) is 0 Å². The Bertz CT molecular complexity index is 673. The van der Waals surface area contributed by atoms with E-state index in [0.29, 0.717) is 4.47 Å². The van der Waals surface area contributed by atoms with Crippen LogP contribution in [-0.4, -0.2) is 16.0 Å². The lowest BCUT2D eigenvalue weighted by Gasteiger charge is -2.03. The average Bonchev–Trinajstić information content (AvgIpc) is 2.39. The summed E-state index contributed by atoms with van der Waals surface area (Å²) in [5, 5.41) is 19.5. The van der Waals surface area contributed by atoms with Gasteiger partial charge in [0.25, 0.3) is 5.69 Å². The fraction of sp³-hybridized carbons (Fsp3) is 0. The molecule has 0 amide bonds. The maximum atomic E-state index is 10.7. The monoisotopic (exact) mass is 353 g/mol. The van der Waals surface area contributed by atoms with Crippen molar-refractivity contribution < 1.29 is 14.8 Å². The first-order valence-electron chi connectivity index (χ1n) is 5.42. The minimum Gasteiger partial charge on any atom is -0.478 e. The highest BCUT2D eigenvalue weighted by atomic mass is 79.9. The Kier molecular flexibility index (Phi) is 4.41. The van der Waals surface area contributed by atoms with E-state index in [4.69, 9.17) is 5.11 Å². The van der Waals surface area contributed by atoms with Crippen molar-refractivity contribution in [3.8, 4) is 0 Å². The van der Waals surface area contributed by atoms with Crippen LogP contribution in [0.4, 0.5) is 5.69 Å². The molecule has 0 fully saturated rings. The number of halogens is 1. The summed E-state index contributed by atoms with van der Waals surface area (Å²) in [4.78, 5) is 22.7. The number of nitro groups is 1. The molecule has 0 atom stereocenters. The first-order valence-corrected chi connectivity index (χ1v) is 7.03. The molecule has 0 bridgehead atoms. The number of carbonyl (C=O) groups is 1. The molecule has 20 heavy (non-hydrogen) atoms. The highest BCUT2D eigenvalue weighted by Gasteiger charge is 2.12. The Hall–Kier alpha value is -1.86. The summed E-state index contributed by atoms with van der Waals surface area (Å²) < 4.78 is 0.412. The van der Waals surface area contributed by atoms with E-state index in [1.165, 1.54) is 30.0 Å². The summed E-state index contributed by atoms with van der Waals surface area (Å²) in [6.07, 6.45) is 0. The normalized spacial score (nSPS) is 10.2. The molecule has 0 aliphatic heterocycles. The molecule has 5 nitrogen and oxygen atoms in total. The second-order valence-corrected chi connectivity index (χ2v) is 5.80. The molecule has 0 aromatic heterocycles. The Morgan fingerprint density at radius 1 is 1.15 bits per heavy atom. The first-order chi connectivity index (χ1) is 9.47. The van der Waals surface area contributed by atoms with Crippen LogP contribution in [0.2, 0.25) is 0 Å². The highest BCUT2D eigenvalue weighted by Crippen LogP contribution is 2.33. The van der Waals surface area contributed by atoms with Crippen molar-refractivity contribution in [2.24, 2.45) is 0 Å². The van der Waals surface area contributed by atoms with Crippen LogP contribution in [0.25, 0.3) is 0 Å². The van der Waals surface area contributed by atoms with Gasteiger partial charge in [-0.25, -0.2) is 4.79 Å². The van der Waals surface area contributed by atoms with E-state index in [1.807, 2.05) is 0 Å². The van der Waals surface area contributed by atoms with Gasteiger partial charge >= 0.3 is 5.97 Å². The summed E-state index contributed by atoms with van der Waals surface area (Å²) >= 11 is 4.56. The number of rotatable bonds is 4. The number of nitro benzene ring substituents is 1. The van der Waals surface area contributed by atoms with Crippen molar-refractivity contribution in [1.82, 2.24) is 0 Å². The van der Waals surface area contributed by atoms with Crippen LogP contribution < -0.4 is 0 Å². The molecule has 0 radical (unpaired) electrons. The topological polar surface area (TPSA) is 80.4 Å². The zero-order valence-corrected chi connectivity index (χ0v) is 12.3. The SMILES string of the molecule is O=C(O)c1ccc(Sc2ccc([N+](=O)[O-])c(Br)c2)cc1. The van der Waals surface area contributed by atoms with E-state index in [0.717, 1.165) is 9.79 Å². The molecular formula is C13H8BrNO4S. The number of carboxylic acids is 1. The first kappa shape index (κ1) is 14.5. The Morgan fingerprint density at radius 2 is 1.75 bits per heavy atom. The van der Waals surface area contributed by atoms with Crippen molar-refractivity contribution in [2.75, 3.05) is 0 Å². The maximum absolute atomic E-state index is 10.7. The van der Waals surface area contributed by atoms with Gasteiger partial charge in [-0.15, -0.1) is 0 Å². The van der Waals surface area contributed by atoms with Crippen molar-refractivity contribution in [3.05, 3.63) is 62.6 Å². The summed E-state index contributed by atoms with van der Waals surface area (Å²) in [5.74, 6) is -0.973. The predicted molar refractivity (Wildman–Crippen MR) is 78.3 cm³/mol. The number of aromatic carboxylic acids is 1. The van der Waals surface area contributed by atoms with Crippen LogP contribution in [-0.2, 0) is 0 Å². The van der Waals surface area contributed by atoms with E-state index < -0.39 is 10.9 Å². The molecule has 102 valence electrons. The minimum atomic E-state index is -0.973. The van der Waals surface area contributed by atoms with Crippen LogP contribution in [0, 0.1) is 10.1 Å². The average molecular weight is 354 g/mol. The Labute approximate surface area is 126 Å². The second kappa shape index (κ2) is 6.06. The highest BCUT2D eigenvalue weighted by molar-refractivity contribution is 9.10. The van der Waals surface area contributed by atoms with Gasteiger partial charge in [0, 0.05) is 15.9 Å². The van der Waals surface area contributed by atoms with Crippen LogP contribution >= 0.6 is 27.7 Å². The Balaban J connectivity index is 2.19. The maximum Gasteiger partial charge on any atom is 0.335 e. The van der Waals surface area contributed by atoms with Crippen molar-refractivity contribution in [3.63, 3.8) is 0 Å². The van der Waals surface area contributed by atoms with Crippen LogP contribution in [0.15, 0.2) is 56.7 Å². The molecule has 1 N–H and O–H groups in total. The van der Waals surface area contributed by atoms with Crippen molar-refractivity contribution in [2.45, 2.75) is 9.79 Å². The van der Waals surface area contributed by atoms with Crippen LogP contribution in [0.3, 0.4) is 0 Å². The van der Waals surface area contributed by atoms with Gasteiger partial charge in [-0.3, -0.25) is 10.1 Å². The number of hydrogen-bond acceptors (Lipinski definition) is 4. The third-order valence-corrected chi connectivity index (χ3v) is 4.09. The molecule has 0 spiro atoms. The predicted octanol–water partition coefficient (Wildman–Crippen LogP) is 4.21. The third-order valence-electron chi connectivity index (χ3n) is 2.45. The molecule has 2 aromatic carbocycles. The molecule has 0 unspecified atom stereocenters. The quantitative estimate of drug-likeness (QED) is 0.657. The van der Waals surface area contributed by atoms with E-state index >= 15 is 0 Å². The van der Waals surface area contributed by atoms with Gasteiger partial charge in [0.05, 0.1) is 15.0 Å². The van der Waals surface area contributed by atoms with Crippen molar-refractivity contribution >= 4 is 39.3 Å². The third kappa shape index (κ3) is 3.37. The van der Waals surface area contributed by atoms with Gasteiger partial charge in [0.15, 0.2) is 0 Å². The molecule has 0 heterocycles. The van der Waals surface area contributed by atoms with E-state index in [9.17, 15) is 14.9 Å². The molecule has 2 rings (SSSR count). The summed E-state index contributed by atoms with van der Waals surface area (Å²) in [6.45, 7) is 0. The number of nitrogens with zero attached hydrogens (tertiary/aromatic N) is 1. The van der Waals surface area contributed by atoms with E-state index in [-0.39, 0.29) is 11.3 Å². The van der Waals surface area contributed by atoms with Crippen molar-refractivity contribution in [1.29, 1.82) is 0 Å². The van der Waals surface area contributed by atoms with Gasteiger partial charge < -0.3 is 5.11 Å². The molecule has 0 aliphatic rings.